The van der Waals surface area contributed by atoms with E-state index in [1.54, 1.807) is 19.1 Å². The van der Waals surface area contributed by atoms with Crippen LogP contribution in [0.1, 0.15) is 11.1 Å². The van der Waals surface area contributed by atoms with Crippen molar-refractivity contribution in [2.45, 2.75) is 6.92 Å². The van der Waals surface area contributed by atoms with Crippen LogP contribution >= 0.6 is 11.8 Å². The van der Waals surface area contributed by atoms with Gasteiger partial charge in [0.05, 0.1) is 44.1 Å². The topological polar surface area (TPSA) is 63.6 Å². The van der Waals surface area contributed by atoms with Crippen molar-refractivity contribution in [3.63, 3.8) is 0 Å². The van der Waals surface area contributed by atoms with Crippen molar-refractivity contribution in [2.75, 3.05) is 58.6 Å². The van der Waals surface area contributed by atoms with Gasteiger partial charge < -0.3 is 19.1 Å². The molecule has 0 N–H and O–H groups in total. The minimum absolute atomic E-state index is 0.0547. The van der Waals surface area contributed by atoms with E-state index in [2.05, 4.69) is 30.0 Å². The van der Waals surface area contributed by atoms with E-state index in [1.807, 2.05) is 30.3 Å². The fourth-order valence-electron chi connectivity index (χ4n) is 3.72. The number of benzene rings is 2. The molecular formula is C25H29N3O4S. The molecule has 1 amide bonds. The molecule has 0 atom stereocenters. The lowest BCUT2D eigenvalue weighted by Gasteiger charge is -2.29. The molecule has 0 radical (unpaired) electrons. The zero-order valence-electron chi connectivity index (χ0n) is 19.2. The fraction of sp³-hybridized carbons (Fsp3) is 0.360. The minimum atomic E-state index is -0.0547. The summed E-state index contributed by atoms with van der Waals surface area (Å²) in [5.74, 6) is 0.711. The van der Waals surface area contributed by atoms with Crippen molar-refractivity contribution in [1.82, 2.24) is 4.90 Å². The van der Waals surface area contributed by atoms with Crippen molar-refractivity contribution < 1.29 is 19.0 Å². The number of carbonyl (C=O) groups excluding carboxylic acids is 1. The van der Waals surface area contributed by atoms with Gasteiger partial charge in [-0.2, -0.15) is 0 Å². The maximum absolute atomic E-state index is 13.2. The second kappa shape index (κ2) is 10.9. The average Bonchev–Trinajstić information content (AvgIpc) is 3.13. The summed E-state index contributed by atoms with van der Waals surface area (Å²) in [4.78, 5) is 22.6. The molecule has 2 aromatic carbocycles. The SMILES string of the molecule is COCCN1C(=O)C(=Cc2ccc(N3CCOCC3)cc2C)SC1=Nc1ccc(OC)cc1. The summed E-state index contributed by atoms with van der Waals surface area (Å²) in [7, 11) is 3.26. The van der Waals surface area contributed by atoms with Gasteiger partial charge in [0.15, 0.2) is 5.17 Å². The molecule has 0 aromatic heterocycles. The number of ether oxygens (including phenoxy) is 3. The van der Waals surface area contributed by atoms with Gasteiger partial charge in [-0.05, 0) is 72.3 Å². The Labute approximate surface area is 199 Å². The Bertz CT molecular complexity index is 1050. The van der Waals surface area contributed by atoms with E-state index < -0.39 is 0 Å². The van der Waals surface area contributed by atoms with Gasteiger partial charge in [0.25, 0.3) is 5.91 Å². The molecule has 0 spiro atoms. The second-order valence-electron chi connectivity index (χ2n) is 7.79. The van der Waals surface area contributed by atoms with Gasteiger partial charge in [-0.3, -0.25) is 9.69 Å². The van der Waals surface area contributed by atoms with Crippen LogP contribution in [0, 0.1) is 6.92 Å². The molecule has 2 aromatic rings. The van der Waals surface area contributed by atoms with Crippen LogP contribution in [0.25, 0.3) is 6.08 Å². The molecule has 0 saturated carbocycles. The highest BCUT2D eigenvalue weighted by atomic mass is 32.2. The number of aryl methyl sites for hydroxylation is 1. The van der Waals surface area contributed by atoms with E-state index >= 15 is 0 Å². The molecule has 0 unspecified atom stereocenters. The van der Waals surface area contributed by atoms with Crippen LogP contribution in [0.3, 0.4) is 0 Å². The standard InChI is InChI=1S/C25H29N3O4S/c1-18-16-21(27-10-14-32-15-11-27)7-4-19(18)17-23-24(29)28(12-13-30-2)25(33-23)26-20-5-8-22(31-3)9-6-20/h4-9,16-17H,10-15H2,1-3H3. The normalized spacial score (nSPS) is 19.1. The molecule has 2 aliphatic heterocycles. The first kappa shape index (κ1) is 23.4. The Morgan fingerprint density at radius 2 is 1.88 bits per heavy atom. The minimum Gasteiger partial charge on any atom is -0.497 e. The predicted molar refractivity (Wildman–Crippen MR) is 133 cm³/mol. The van der Waals surface area contributed by atoms with Crippen molar-refractivity contribution in [3.05, 3.63) is 58.5 Å². The van der Waals surface area contributed by atoms with Crippen molar-refractivity contribution >= 4 is 40.3 Å². The molecule has 7 nitrogen and oxygen atoms in total. The molecule has 4 rings (SSSR count). The van der Waals surface area contributed by atoms with Crippen molar-refractivity contribution in [2.24, 2.45) is 4.99 Å². The Kier molecular flexibility index (Phi) is 7.69. The lowest BCUT2D eigenvalue weighted by Crippen LogP contribution is -2.36. The quantitative estimate of drug-likeness (QED) is 0.572. The lowest BCUT2D eigenvalue weighted by molar-refractivity contribution is -0.122. The van der Waals surface area contributed by atoms with Gasteiger partial charge in [0.1, 0.15) is 5.75 Å². The maximum Gasteiger partial charge on any atom is 0.266 e. The van der Waals surface area contributed by atoms with E-state index in [0.717, 1.165) is 48.9 Å². The first-order chi connectivity index (χ1) is 16.1. The number of carbonyl (C=O) groups is 1. The molecule has 2 heterocycles. The van der Waals surface area contributed by atoms with E-state index in [4.69, 9.17) is 19.2 Å². The highest BCUT2D eigenvalue weighted by Crippen LogP contribution is 2.35. The third-order valence-electron chi connectivity index (χ3n) is 5.62. The molecule has 33 heavy (non-hydrogen) atoms. The number of anilines is 1. The first-order valence-corrected chi connectivity index (χ1v) is 11.8. The number of methoxy groups -OCH3 is 2. The van der Waals surface area contributed by atoms with Gasteiger partial charge in [0, 0.05) is 25.9 Å². The highest BCUT2D eigenvalue weighted by Gasteiger charge is 2.33. The number of aliphatic imine (C=N–C) groups is 1. The molecule has 0 aliphatic carbocycles. The summed E-state index contributed by atoms with van der Waals surface area (Å²) in [6.07, 6.45) is 1.96. The highest BCUT2D eigenvalue weighted by molar-refractivity contribution is 8.18. The number of amidine groups is 1. The van der Waals surface area contributed by atoms with E-state index in [0.29, 0.717) is 23.2 Å². The third kappa shape index (κ3) is 5.58. The lowest BCUT2D eigenvalue weighted by atomic mass is 10.1. The summed E-state index contributed by atoms with van der Waals surface area (Å²) in [6.45, 7) is 6.27. The van der Waals surface area contributed by atoms with Crippen molar-refractivity contribution in [3.8, 4) is 5.75 Å². The monoisotopic (exact) mass is 467 g/mol. The van der Waals surface area contributed by atoms with Crippen LogP contribution in [0.5, 0.6) is 5.75 Å². The van der Waals surface area contributed by atoms with Crippen molar-refractivity contribution in [1.29, 1.82) is 0 Å². The van der Waals surface area contributed by atoms with Gasteiger partial charge in [-0.25, -0.2) is 4.99 Å². The van der Waals surface area contributed by atoms with E-state index in [9.17, 15) is 4.79 Å². The third-order valence-corrected chi connectivity index (χ3v) is 6.63. The van der Waals surface area contributed by atoms with Crippen LogP contribution in [-0.4, -0.2) is 69.6 Å². The van der Waals surface area contributed by atoms with Gasteiger partial charge >= 0.3 is 0 Å². The van der Waals surface area contributed by atoms with Crippen LogP contribution in [0.4, 0.5) is 11.4 Å². The molecular weight excluding hydrogens is 438 g/mol. The molecule has 2 aliphatic rings. The molecule has 2 saturated heterocycles. The second-order valence-corrected chi connectivity index (χ2v) is 8.80. The number of hydrogen-bond donors (Lipinski definition) is 0. The molecule has 0 bridgehead atoms. The number of nitrogens with zero attached hydrogens (tertiary/aromatic N) is 3. The largest absolute Gasteiger partial charge is 0.497 e. The number of amides is 1. The number of morpholine rings is 1. The van der Waals surface area contributed by atoms with Gasteiger partial charge in [0.2, 0.25) is 0 Å². The van der Waals surface area contributed by atoms with E-state index in [1.165, 1.54) is 17.4 Å². The summed E-state index contributed by atoms with van der Waals surface area (Å²) in [5, 5.41) is 0.649. The number of hydrogen-bond acceptors (Lipinski definition) is 7. The molecule has 174 valence electrons. The summed E-state index contributed by atoms with van der Waals surface area (Å²) in [6, 6.07) is 13.8. The van der Waals surface area contributed by atoms with Gasteiger partial charge in [-0.1, -0.05) is 6.07 Å². The summed E-state index contributed by atoms with van der Waals surface area (Å²) in [5.41, 5.74) is 4.11. The fourth-order valence-corrected chi connectivity index (χ4v) is 4.74. The first-order valence-electron chi connectivity index (χ1n) is 11.0. The van der Waals surface area contributed by atoms with Crippen LogP contribution in [-0.2, 0) is 14.3 Å². The molecule has 8 heteroatoms. The van der Waals surface area contributed by atoms with Gasteiger partial charge in [-0.15, -0.1) is 0 Å². The van der Waals surface area contributed by atoms with Crippen LogP contribution in [0.15, 0.2) is 52.4 Å². The van der Waals surface area contributed by atoms with E-state index in [-0.39, 0.29) is 5.91 Å². The Hall–Kier alpha value is -2.81. The zero-order chi connectivity index (χ0) is 23.2. The molecule has 2 fully saturated rings. The Morgan fingerprint density at radius 3 is 2.55 bits per heavy atom. The Balaban J connectivity index is 1.59. The Morgan fingerprint density at radius 1 is 1.12 bits per heavy atom. The summed E-state index contributed by atoms with van der Waals surface area (Å²) >= 11 is 1.39. The van der Waals surface area contributed by atoms with Crippen LogP contribution in [0.2, 0.25) is 0 Å². The summed E-state index contributed by atoms with van der Waals surface area (Å²) < 4.78 is 15.9. The smallest absolute Gasteiger partial charge is 0.266 e. The average molecular weight is 468 g/mol. The number of rotatable bonds is 7. The maximum atomic E-state index is 13.2. The zero-order valence-corrected chi connectivity index (χ0v) is 20.1. The number of thioether (sulfide) groups is 1. The predicted octanol–water partition coefficient (Wildman–Crippen LogP) is 4.09. The van der Waals surface area contributed by atoms with Crippen LogP contribution < -0.4 is 9.64 Å².